The van der Waals surface area contributed by atoms with Crippen LogP contribution in [0.3, 0.4) is 0 Å². The van der Waals surface area contributed by atoms with Crippen LogP contribution in [0, 0.1) is 5.92 Å². The van der Waals surface area contributed by atoms with Crippen molar-refractivity contribution in [2.75, 3.05) is 20.3 Å². The van der Waals surface area contributed by atoms with Gasteiger partial charge < -0.3 is 20.0 Å². The SMILES string of the molecule is C/C(N)=C(\c1cnc2c3ccc(-c4ccnn4C)cc3n(CC3CCOCC3)c2c1)N(C)N.c1ccccc1. The standard InChI is InChI=1S/C25H31N7O.C6H6/c1-16(26)25(30(2)27)19-13-23-24(28-14-19)20-5-4-18(21-6-9-29-31(21)3)12-22(20)32(23)15-17-7-10-33-11-8-17;1-2-4-6-5-3-1/h4-6,9,12-14,17H,7-8,10-11,15,26-27H2,1-3H3;1-6H/b25-16-;. The number of rotatable bonds is 5. The van der Waals surface area contributed by atoms with Crippen molar-refractivity contribution >= 4 is 27.6 Å². The molecular formula is C31H37N7O. The van der Waals surface area contributed by atoms with Crippen LogP contribution in [0.25, 0.3) is 38.9 Å². The van der Waals surface area contributed by atoms with Crippen LogP contribution in [0.15, 0.2) is 84.8 Å². The molecule has 0 aliphatic carbocycles. The van der Waals surface area contributed by atoms with Gasteiger partial charge in [-0.05, 0) is 49.9 Å². The molecule has 0 atom stereocenters. The Kier molecular flexibility index (Phi) is 7.95. The van der Waals surface area contributed by atoms with Crippen LogP contribution in [0.4, 0.5) is 0 Å². The highest BCUT2D eigenvalue weighted by atomic mass is 16.5. The molecule has 5 aromatic rings. The largest absolute Gasteiger partial charge is 0.401 e. The second-order valence-corrected chi connectivity index (χ2v) is 10.1. The average molecular weight is 524 g/mol. The van der Waals surface area contributed by atoms with Gasteiger partial charge in [-0.3, -0.25) is 9.67 Å². The zero-order valence-corrected chi connectivity index (χ0v) is 22.9. The first-order chi connectivity index (χ1) is 18.9. The fourth-order valence-corrected chi connectivity index (χ4v) is 5.38. The number of hydrogen-bond donors (Lipinski definition) is 2. The number of fused-ring (bicyclic) bond motifs is 3. The van der Waals surface area contributed by atoms with Crippen molar-refractivity contribution in [2.24, 2.45) is 24.5 Å². The molecule has 1 aliphatic heterocycles. The second kappa shape index (κ2) is 11.7. The van der Waals surface area contributed by atoms with Crippen molar-refractivity contribution in [1.82, 2.24) is 24.3 Å². The molecule has 6 rings (SSSR count). The summed E-state index contributed by atoms with van der Waals surface area (Å²) < 4.78 is 9.93. The number of aromatic nitrogens is 4. The summed E-state index contributed by atoms with van der Waals surface area (Å²) >= 11 is 0. The van der Waals surface area contributed by atoms with Crippen molar-refractivity contribution < 1.29 is 4.74 Å². The van der Waals surface area contributed by atoms with E-state index in [1.807, 2.05) is 73.5 Å². The predicted molar refractivity (Wildman–Crippen MR) is 158 cm³/mol. The molecule has 1 saturated heterocycles. The predicted octanol–water partition coefficient (Wildman–Crippen LogP) is 5.16. The molecule has 4 N–H and O–H groups in total. The zero-order chi connectivity index (χ0) is 27.4. The maximum atomic E-state index is 6.17. The summed E-state index contributed by atoms with van der Waals surface area (Å²) in [6.45, 7) is 4.43. The number of nitrogens with two attached hydrogens (primary N) is 2. The van der Waals surface area contributed by atoms with Gasteiger partial charge >= 0.3 is 0 Å². The first-order valence-corrected chi connectivity index (χ1v) is 13.4. The minimum atomic E-state index is 0.560. The second-order valence-electron chi connectivity index (χ2n) is 10.1. The molecule has 0 bridgehead atoms. The summed E-state index contributed by atoms with van der Waals surface area (Å²) in [6.07, 6.45) is 5.82. The molecule has 0 spiro atoms. The lowest BCUT2D eigenvalue weighted by Crippen LogP contribution is -2.26. The first-order valence-electron chi connectivity index (χ1n) is 13.4. The van der Waals surface area contributed by atoms with Crippen LogP contribution in [-0.2, 0) is 18.3 Å². The van der Waals surface area contributed by atoms with Crippen LogP contribution in [-0.4, -0.2) is 44.6 Å². The molecule has 0 radical (unpaired) electrons. The summed E-state index contributed by atoms with van der Waals surface area (Å²) in [6, 6.07) is 22.8. The maximum absolute atomic E-state index is 6.17. The lowest BCUT2D eigenvalue weighted by Gasteiger charge is -2.23. The van der Waals surface area contributed by atoms with E-state index in [1.165, 1.54) is 5.52 Å². The highest BCUT2D eigenvalue weighted by molar-refractivity contribution is 6.07. The topological polar surface area (TPSA) is 100 Å². The summed E-state index contributed by atoms with van der Waals surface area (Å²) in [4.78, 5) is 4.88. The lowest BCUT2D eigenvalue weighted by molar-refractivity contribution is 0.0620. The van der Waals surface area contributed by atoms with E-state index in [-0.39, 0.29) is 0 Å². The van der Waals surface area contributed by atoms with Crippen LogP contribution >= 0.6 is 0 Å². The normalized spacial score (nSPS) is 14.7. The monoisotopic (exact) mass is 523 g/mol. The zero-order valence-electron chi connectivity index (χ0n) is 22.9. The van der Waals surface area contributed by atoms with Gasteiger partial charge in [-0.1, -0.05) is 42.5 Å². The first kappa shape index (κ1) is 26.5. The molecule has 4 heterocycles. The quantitative estimate of drug-likeness (QED) is 0.244. The molecule has 3 aromatic heterocycles. The van der Waals surface area contributed by atoms with Gasteiger partial charge in [0.25, 0.3) is 0 Å². The molecule has 8 nitrogen and oxygen atoms in total. The van der Waals surface area contributed by atoms with Gasteiger partial charge in [0, 0.05) is 68.5 Å². The van der Waals surface area contributed by atoms with Crippen molar-refractivity contribution in [3.05, 3.63) is 90.4 Å². The molecule has 2 aromatic carbocycles. The number of pyridine rings is 1. The number of hydrazine groups is 1. The number of hydrogen-bond acceptors (Lipinski definition) is 6. The van der Waals surface area contributed by atoms with Crippen LogP contribution in [0.5, 0.6) is 0 Å². The van der Waals surface area contributed by atoms with Crippen molar-refractivity contribution in [3.8, 4) is 11.3 Å². The Hall–Kier alpha value is -4.14. The number of benzene rings is 2. The molecule has 39 heavy (non-hydrogen) atoms. The Morgan fingerprint density at radius 2 is 1.72 bits per heavy atom. The third-order valence-corrected chi connectivity index (χ3v) is 7.27. The van der Waals surface area contributed by atoms with E-state index >= 15 is 0 Å². The van der Waals surface area contributed by atoms with Crippen LogP contribution in [0.1, 0.15) is 25.3 Å². The highest BCUT2D eigenvalue weighted by Crippen LogP contribution is 2.34. The fourth-order valence-electron chi connectivity index (χ4n) is 5.38. The van der Waals surface area contributed by atoms with Gasteiger partial charge in [0.15, 0.2) is 0 Å². The summed E-state index contributed by atoms with van der Waals surface area (Å²) in [7, 11) is 3.77. The van der Waals surface area contributed by atoms with Crippen LogP contribution < -0.4 is 11.6 Å². The van der Waals surface area contributed by atoms with E-state index in [0.29, 0.717) is 11.6 Å². The Balaban J connectivity index is 0.000000455. The van der Waals surface area contributed by atoms with Gasteiger partial charge in [-0.25, -0.2) is 5.84 Å². The number of nitrogens with zero attached hydrogens (tertiary/aromatic N) is 5. The molecular weight excluding hydrogens is 486 g/mol. The van der Waals surface area contributed by atoms with Gasteiger partial charge in [0.1, 0.15) is 0 Å². The number of allylic oxidation sites excluding steroid dienone is 1. The molecule has 0 saturated carbocycles. The average Bonchev–Trinajstić information content (AvgIpc) is 3.51. The van der Waals surface area contributed by atoms with Crippen molar-refractivity contribution in [3.63, 3.8) is 0 Å². The van der Waals surface area contributed by atoms with Crippen molar-refractivity contribution in [2.45, 2.75) is 26.3 Å². The Bertz CT molecular complexity index is 1550. The third kappa shape index (κ3) is 5.67. The number of aryl methyl sites for hydroxylation is 1. The van der Waals surface area contributed by atoms with E-state index in [9.17, 15) is 0 Å². The molecule has 8 heteroatoms. The Morgan fingerprint density at radius 1 is 1.03 bits per heavy atom. The smallest absolute Gasteiger partial charge is 0.0960 e. The fraction of sp³-hybridized carbons (Fsp3) is 0.290. The molecule has 202 valence electrons. The minimum Gasteiger partial charge on any atom is -0.401 e. The van der Waals surface area contributed by atoms with Gasteiger partial charge in [-0.2, -0.15) is 5.10 Å². The summed E-state index contributed by atoms with van der Waals surface area (Å²) in [5.41, 5.74) is 14.0. The molecule has 1 fully saturated rings. The van der Waals surface area contributed by atoms with E-state index < -0.39 is 0 Å². The van der Waals surface area contributed by atoms with E-state index in [4.69, 9.17) is 21.3 Å². The van der Waals surface area contributed by atoms with Gasteiger partial charge in [0.2, 0.25) is 0 Å². The highest BCUT2D eigenvalue weighted by Gasteiger charge is 2.21. The van der Waals surface area contributed by atoms with E-state index in [1.54, 1.807) is 12.1 Å². The van der Waals surface area contributed by atoms with Crippen molar-refractivity contribution in [1.29, 1.82) is 0 Å². The molecule has 1 aliphatic rings. The third-order valence-electron chi connectivity index (χ3n) is 7.27. The maximum Gasteiger partial charge on any atom is 0.0960 e. The summed E-state index contributed by atoms with van der Waals surface area (Å²) in [5.74, 6) is 6.66. The lowest BCUT2D eigenvalue weighted by atomic mass is 10.00. The van der Waals surface area contributed by atoms with E-state index in [0.717, 1.165) is 71.5 Å². The minimum absolute atomic E-state index is 0.560. The van der Waals surface area contributed by atoms with Gasteiger partial charge in [0.05, 0.1) is 27.9 Å². The van der Waals surface area contributed by atoms with E-state index in [2.05, 4.69) is 33.9 Å². The molecule has 0 amide bonds. The van der Waals surface area contributed by atoms with Crippen LogP contribution in [0.2, 0.25) is 0 Å². The Morgan fingerprint density at radius 3 is 2.31 bits per heavy atom. The Labute approximate surface area is 229 Å². The molecule has 0 unspecified atom stereocenters. The number of ether oxygens (including phenoxy) is 1. The summed E-state index contributed by atoms with van der Waals surface area (Å²) in [5, 5.41) is 7.05. The van der Waals surface area contributed by atoms with Gasteiger partial charge in [-0.15, -0.1) is 0 Å².